The Morgan fingerprint density at radius 1 is 1.38 bits per heavy atom. The van der Waals surface area contributed by atoms with Gasteiger partial charge in [-0.25, -0.2) is 0 Å². The van der Waals surface area contributed by atoms with Crippen LogP contribution in [0, 0.1) is 21.7 Å². The number of nitrogens with zero attached hydrogens (tertiary/aromatic N) is 1. The maximum atomic E-state index is 11.0. The van der Waals surface area contributed by atoms with Gasteiger partial charge in [0.15, 0.2) is 5.00 Å². The highest BCUT2D eigenvalue weighted by Crippen LogP contribution is 2.71. The fourth-order valence-corrected chi connectivity index (χ4v) is 3.76. The van der Waals surface area contributed by atoms with Crippen LogP contribution in [-0.4, -0.2) is 5.00 Å². The fraction of sp³-hybridized carbons (Fsp3) is 1.00. The molecule has 0 saturated heterocycles. The second-order valence-corrected chi connectivity index (χ2v) is 5.98. The molecule has 0 radical (unpaired) electrons. The van der Waals surface area contributed by atoms with Gasteiger partial charge in [0, 0.05) is 10.8 Å². The van der Waals surface area contributed by atoms with E-state index in [2.05, 4.69) is 25.9 Å². The van der Waals surface area contributed by atoms with E-state index in [1.165, 1.54) is 6.42 Å². The molecule has 2 bridgehead atoms. The van der Waals surface area contributed by atoms with E-state index >= 15 is 0 Å². The minimum Gasteiger partial charge on any atom is -0.149 e. The van der Waals surface area contributed by atoms with Crippen LogP contribution in [0.5, 0.6) is 0 Å². The molecule has 74 valence electrons. The summed E-state index contributed by atoms with van der Waals surface area (Å²) < 4.78 is 0. The van der Waals surface area contributed by atoms with Crippen molar-refractivity contribution in [3.8, 4) is 0 Å². The number of rotatable bonds is 1. The summed E-state index contributed by atoms with van der Waals surface area (Å²) in [6, 6.07) is 0. The molecule has 0 aromatic heterocycles. The van der Waals surface area contributed by atoms with E-state index < -0.39 is 5.00 Å². The van der Waals surface area contributed by atoms with Gasteiger partial charge in [-0.15, -0.1) is 4.91 Å². The lowest BCUT2D eigenvalue weighted by molar-refractivity contribution is 0.108. The van der Waals surface area contributed by atoms with Gasteiger partial charge in [0.25, 0.3) is 0 Å². The van der Waals surface area contributed by atoms with Crippen LogP contribution in [0.1, 0.15) is 40.0 Å². The van der Waals surface area contributed by atoms with Gasteiger partial charge in [-0.05, 0) is 30.4 Å². The standard InChI is InChI=1S/C10H16ClNO/c1-8(2)7-4-5-9(3,6-7)10(8,11)12-13/h7H,4-6H2,1-3H3. The summed E-state index contributed by atoms with van der Waals surface area (Å²) in [5.74, 6) is 0.577. The van der Waals surface area contributed by atoms with Crippen molar-refractivity contribution in [2.24, 2.45) is 21.9 Å². The molecule has 2 aliphatic carbocycles. The molecule has 3 heteroatoms. The third-order valence-corrected chi connectivity index (χ3v) is 5.55. The van der Waals surface area contributed by atoms with Crippen molar-refractivity contribution in [1.82, 2.24) is 0 Å². The lowest BCUT2D eigenvalue weighted by Gasteiger charge is -2.44. The van der Waals surface area contributed by atoms with Gasteiger partial charge in [-0.2, -0.15) is 0 Å². The quantitative estimate of drug-likeness (QED) is 0.363. The summed E-state index contributed by atoms with van der Waals surface area (Å²) in [6.45, 7) is 6.27. The van der Waals surface area contributed by atoms with Gasteiger partial charge in [0.05, 0.1) is 0 Å². The number of nitroso groups, excluding NO2 is 1. The highest BCUT2D eigenvalue weighted by molar-refractivity contribution is 6.25. The van der Waals surface area contributed by atoms with E-state index in [9.17, 15) is 4.91 Å². The zero-order chi connectivity index (χ0) is 9.91. The number of hydrogen-bond donors (Lipinski definition) is 0. The van der Waals surface area contributed by atoms with E-state index in [-0.39, 0.29) is 10.8 Å². The zero-order valence-corrected chi connectivity index (χ0v) is 9.19. The average Bonchev–Trinajstić information content (AvgIpc) is 2.51. The van der Waals surface area contributed by atoms with Crippen LogP contribution in [0.15, 0.2) is 5.18 Å². The van der Waals surface area contributed by atoms with Gasteiger partial charge >= 0.3 is 0 Å². The minimum absolute atomic E-state index is 0.0650. The number of fused-ring (bicyclic) bond motifs is 2. The normalized spacial score (nSPS) is 52.5. The molecule has 0 heterocycles. The average molecular weight is 202 g/mol. The predicted octanol–water partition coefficient (Wildman–Crippen LogP) is 3.53. The molecule has 2 saturated carbocycles. The summed E-state index contributed by atoms with van der Waals surface area (Å²) in [7, 11) is 0. The van der Waals surface area contributed by atoms with Gasteiger partial charge in [0.1, 0.15) is 0 Å². The van der Waals surface area contributed by atoms with Crippen LogP contribution >= 0.6 is 11.6 Å². The molecular formula is C10H16ClNO. The van der Waals surface area contributed by atoms with Gasteiger partial charge in [-0.1, -0.05) is 32.4 Å². The van der Waals surface area contributed by atoms with Crippen molar-refractivity contribution in [3.63, 3.8) is 0 Å². The Kier molecular flexibility index (Phi) is 1.65. The molecular weight excluding hydrogens is 186 g/mol. The highest BCUT2D eigenvalue weighted by Gasteiger charge is 2.70. The van der Waals surface area contributed by atoms with Gasteiger partial charge < -0.3 is 0 Å². The maximum absolute atomic E-state index is 11.0. The molecule has 2 aliphatic rings. The molecule has 0 amide bonds. The van der Waals surface area contributed by atoms with Crippen molar-refractivity contribution in [2.75, 3.05) is 0 Å². The Balaban J connectivity index is 2.51. The molecule has 0 N–H and O–H groups in total. The third kappa shape index (κ3) is 0.810. The van der Waals surface area contributed by atoms with Crippen LogP contribution in [0.4, 0.5) is 0 Å². The Bertz CT molecular complexity index is 259. The first-order valence-electron chi connectivity index (χ1n) is 4.91. The molecule has 0 spiro atoms. The van der Waals surface area contributed by atoms with Crippen LogP contribution < -0.4 is 0 Å². The van der Waals surface area contributed by atoms with Crippen molar-refractivity contribution in [2.45, 2.75) is 45.0 Å². The molecule has 3 unspecified atom stereocenters. The van der Waals surface area contributed by atoms with Crippen molar-refractivity contribution >= 4 is 11.6 Å². The Hall–Kier alpha value is -0.110. The zero-order valence-electron chi connectivity index (χ0n) is 8.43. The van der Waals surface area contributed by atoms with Crippen LogP contribution in [0.3, 0.4) is 0 Å². The first-order chi connectivity index (χ1) is 5.87. The summed E-state index contributed by atoms with van der Waals surface area (Å²) in [4.78, 5) is 10.1. The predicted molar refractivity (Wildman–Crippen MR) is 53.6 cm³/mol. The molecule has 2 rings (SSSR count). The first kappa shape index (κ1) is 9.45. The molecule has 2 nitrogen and oxygen atoms in total. The van der Waals surface area contributed by atoms with Crippen LogP contribution in [0.2, 0.25) is 0 Å². The monoisotopic (exact) mass is 201 g/mol. The fourth-order valence-electron chi connectivity index (χ4n) is 3.43. The van der Waals surface area contributed by atoms with Crippen LogP contribution in [0.25, 0.3) is 0 Å². The first-order valence-corrected chi connectivity index (χ1v) is 5.29. The van der Waals surface area contributed by atoms with Crippen molar-refractivity contribution in [1.29, 1.82) is 0 Å². The molecule has 2 fully saturated rings. The number of hydrogen-bond acceptors (Lipinski definition) is 2. The lowest BCUT2D eigenvalue weighted by atomic mass is 9.68. The third-order valence-electron chi connectivity index (χ3n) is 4.54. The SMILES string of the molecule is CC12CCC(C1)C(C)(C)C2(Cl)N=O. The Morgan fingerprint density at radius 2 is 2.00 bits per heavy atom. The molecule has 3 atom stereocenters. The molecule has 0 aromatic carbocycles. The summed E-state index contributed by atoms with van der Waals surface area (Å²) in [5.41, 5.74) is -0.201. The van der Waals surface area contributed by atoms with Crippen molar-refractivity contribution < 1.29 is 0 Å². The van der Waals surface area contributed by atoms with E-state index in [0.717, 1.165) is 12.8 Å². The smallest absolute Gasteiger partial charge is 0.149 e. The lowest BCUT2D eigenvalue weighted by Crippen LogP contribution is -2.47. The van der Waals surface area contributed by atoms with Gasteiger partial charge in [0.2, 0.25) is 0 Å². The van der Waals surface area contributed by atoms with E-state index in [1.54, 1.807) is 0 Å². The number of alkyl halides is 1. The molecule has 13 heavy (non-hydrogen) atoms. The maximum Gasteiger partial charge on any atom is 0.186 e. The Labute approximate surface area is 84.0 Å². The van der Waals surface area contributed by atoms with E-state index in [4.69, 9.17) is 11.6 Å². The second-order valence-electron chi connectivity index (χ2n) is 5.44. The second kappa shape index (κ2) is 2.28. The van der Waals surface area contributed by atoms with E-state index in [0.29, 0.717) is 5.92 Å². The summed E-state index contributed by atoms with van der Waals surface area (Å²) in [6.07, 6.45) is 3.32. The molecule has 0 aromatic rings. The summed E-state index contributed by atoms with van der Waals surface area (Å²) >= 11 is 6.41. The van der Waals surface area contributed by atoms with Gasteiger partial charge in [-0.3, -0.25) is 0 Å². The largest absolute Gasteiger partial charge is 0.186 e. The van der Waals surface area contributed by atoms with Crippen molar-refractivity contribution in [3.05, 3.63) is 4.91 Å². The van der Waals surface area contributed by atoms with Crippen LogP contribution in [-0.2, 0) is 0 Å². The Morgan fingerprint density at radius 3 is 2.31 bits per heavy atom. The van der Waals surface area contributed by atoms with E-state index in [1.807, 2.05) is 0 Å². The molecule has 0 aliphatic heterocycles. The number of halogens is 1. The highest BCUT2D eigenvalue weighted by atomic mass is 35.5. The minimum atomic E-state index is -0.872. The summed E-state index contributed by atoms with van der Waals surface area (Å²) in [5, 5.41) is 3.24. The topological polar surface area (TPSA) is 29.4 Å².